The van der Waals surface area contributed by atoms with E-state index in [9.17, 15) is 0 Å². The van der Waals surface area contributed by atoms with Crippen LogP contribution in [0.15, 0.2) is 239 Å². The SMILES string of the molecule is c1ccc(-c2ccc(N(c3cccc(-c4ccccc4N(c4cccc5ccccc45)c4cccc5oc6ccccc6c45)c3)c3cccc4oc5ccccc5c34)cc2)cc1. The molecule has 0 bridgehead atoms. The molecule has 4 nitrogen and oxygen atoms in total. The molecule has 0 fully saturated rings. The van der Waals surface area contributed by atoms with Gasteiger partial charge in [0.15, 0.2) is 0 Å². The number of benzene rings is 10. The van der Waals surface area contributed by atoms with Crippen LogP contribution in [-0.2, 0) is 0 Å². The van der Waals surface area contributed by atoms with E-state index in [1.165, 1.54) is 10.9 Å². The first kappa shape index (κ1) is 35.6. The van der Waals surface area contributed by atoms with Crippen LogP contribution >= 0.6 is 0 Å². The molecule has 0 aliphatic carbocycles. The van der Waals surface area contributed by atoms with Crippen molar-refractivity contribution in [1.29, 1.82) is 0 Å². The van der Waals surface area contributed by atoms with Gasteiger partial charge in [-0.25, -0.2) is 0 Å². The Kier molecular flexibility index (Phi) is 8.46. The first-order valence-electron chi connectivity index (χ1n) is 21.0. The van der Waals surface area contributed by atoms with Crippen molar-refractivity contribution < 1.29 is 8.83 Å². The minimum atomic E-state index is 0.850. The molecule has 0 saturated carbocycles. The fourth-order valence-corrected chi connectivity index (χ4v) is 9.26. The summed E-state index contributed by atoms with van der Waals surface area (Å²) in [6, 6.07) is 81.7. The number of hydrogen-bond acceptors (Lipinski definition) is 4. The predicted octanol–water partition coefficient (Wildman–Crippen LogP) is 16.9. The van der Waals surface area contributed by atoms with Crippen LogP contribution < -0.4 is 9.80 Å². The molecule has 0 aliphatic rings. The van der Waals surface area contributed by atoms with E-state index in [4.69, 9.17) is 8.83 Å². The van der Waals surface area contributed by atoms with Crippen molar-refractivity contribution in [3.63, 3.8) is 0 Å². The van der Waals surface area contributed by atoms with Crippen LogP contribution in [0.4, 0.5) is 34.1 Å². The Morgan fingerprint density at radius 2 is 0.758 bits per heavy atom. The summed E-state index contributed by atoms with van der Waals surface area (Å²) in [5.74, 6) is 0. The maximum absolute atomic E-state index is 6.49. The zero-order valence-electron chi connectivity index (χ0n) is 33.7. The molecule has 0 aliphatic heterocycles. The average Bonchev–Trinajstić information content (AvgIpc) is 3.92. The van der Waals surface area contributed by atoms with Gasteiger partial charge in [0.1, 0.15) is 22.3 Å². The minimum Gasteiger partial charge on any atom is -0.456 e. The van der Waals surface area contributed by atoms with E-state index >= 15 is 0 Å². The average molecular weight is 795 g/mol. The van der Waals surface area contributed by atoms with E-state index in [2.05, 4.69) is 222 Å². The van der Waals surface area contributed by atoms with Crippen LogP contribution in [0, 0.1) is 0 Å². The highest BCUT2D eigenvalue weighted by molar-refractivity contribution is 6.16. The maximum atomic E-state index is 6.49. The molecule has 0 N–H and O–H groups in total. The summed E-state index contributed by atoms with van der Waals surface area (Å²) < 4.78 is 12.9. The van der Waals surface area contributed by atoms with Gasteiger partial charge in [0, 0.05) is 33.1 Å². The molecular weight excluding hydrogens is 757 g/mol. The van der Waals surface area contributed by atoms with Gasteiger partial charge >= 0.3 is 0 Å². The van der Waals surface area contributed by atoms with Crippen molar-refractivity contribution in [1.82, 2.24) is 0 Å². The topological polar surface area (TPSA) is 32.8 Å². The monoisotopic (exact) mass is 794 g/mol. The number of rotatable bonds is 8. The number of fused-ring (bicyclic) bond motifs is 7. The van der Waals surface area contributed by atoms with E-state index in [-0.39, 0.29) is 0 Å². The lowest BCUT2D eigenvalue weighted by molar-refractivity contribution is 0.668. The standard InChI is InChI=1S/C58H38N2O2/c1-2-16-39(17-3-1)40-34-36-43(37-35-40)59(51-28-14-32-55-57(51)47-24-7-10-30-53(47)61-55)44-21-12-20-42(38-44)46-23-6-9-26-49(46)60(50-27-13-19-41-18-4-5-22-45(41)50)52-29-15-33-56-58(52)48-25-8-11-31-54(48)62-56/h1-38H. The van der Waals surface area contributed by atoms with Gasteiger partial charge in [-0.3, -0.25) is 0 Å². The Morgan fingerprint density at radius 1 is 0.274 bits per heavy atom. The number of para-hydroxylation sites is 3. The molecular formula is C58H38N2O2. The Labute approximate surface area is 358 Å². The van der Waals surface area contributed by atoms with Crippen LogP contribution in [0.3, 0.4) is 0 Å². The largest absolute Gasteiger partial charge is 0.456 e. The molecule has 12 rings (SSSR count). The molecule has 12 aromatic rings. The first-order valence-corrected chi connectivity index (χ1v) is 21.0. The zero-order chi connectivity index (χ0) is 41.0. The molecule has 4 heteroatoms. The molecule has 10 aromatic carbocycles. The molecule has 0 amide bonds. The van der Waals surface area contributed by atoms with Crippen LogP contribution in [-0.4, -0.2) is 0 Å². The third kappa shape index (κ3) is 5.92. The second-order valence-corrected chi connectivity index (χ2v) is 15.6. The summed E-state index contributed by atoms with van der Waals surface area (Å²) >= 11 is 0. The lowest BCUT2D eigenvalue weighted by Crippen LogP contribution is -2.12. The van der Waals surface area contributed by atoms with E-state index in [0.29, 0.717) is 0 Å². The van der Waals surface area contributed by atoms with Gasteiger partial charge in [-0.2, -0.15) is 0 Å². The van der Waals surface area contributed by atoms with Gasteiger partial charge in [0.05, 0.1) is 33.5 Å². The molecule has 0 atom stereocenters. The summed E-state index contributed by atoms with van der Waals surface area (Å²) in [6.07, 6.45) is 0. The summed E-state index contributed by atoms with van der Waals surface area (Å²) in [7, 11) is 0. The fraction of sp³-hybridized carbons (Fsp3) is 0. The minimum absolute atomic E-state index is 0.850. The van der Waals surface area contributed by atoms with E-state index in [1.54, 1.807) is 0 Å². The smallest absolute Gasteiger partial charge is 0.137 e. The van der Waals surface area contributed by atoms with E-state index in [1.807, 2.05) is 18.2 Å². The molecule has 2 aromatic heterocycles. The van der Waals surface area contributed by atoms with Crippen molar-refractivity contribution >= 4 is 88.8 Å². The third-order valence-corrected chi connectivity index (χ3v) is 12.0. The predicted molar refractivity (Wildman–Crippen MR) is 259 cm³/mol. The van der Waals surface area contributed by atoms with E-state index < -0.39 is 0 Å². The maximum Gasteiger partial charge on any atom is 0.137 e. The normalized spacial score (nSPS) is 11.5. The Hall–Kier alpha value is -8.34. The lowest BCUT2D eigenvalue weighted by Gasteiger charge is -2.30. The quantitative estimate of drug-likeness (QED) is 0.153. The second-order valence-electron chi connectivity index (χ2n) is 15.6. The Bertz CT molecular complexity index is 3600. The number of anilines is 6. The first-order chi connectivity index (χ1) is 30.8. The van der Waals surface area contributed by atoms with Crippen LogP contribution in [0.25, 0.3) is 76.9 Å². The number of furan rings is 2. The van der Waals surface area contributed by atoms with Crippen LogP contribution in [0.5, 0.6) is 0 Å². The van der Waals surface area contributed by atoms with Gasteiger partial charge in [-0.1, -0.05) is 158 Å². The Morgan fingerprint density at radius 3 is 1.48 bits per heavy atom. The van der Waals surface area contributed by atoms with Crippen molar-refractivity contribution in [3.8, 4) is 22.3 Å². The van der Waals surface area contributed by atoms with Crippen LogP contribution in [0.2, 0.25) is 0 Å². The van der Waals surface area contributed by atoms with Gasteiger partial charge in [-0.15, -0.1) is 0 Å². The van der Waals surface area contributed by atoms with Gasteiger partial charge in [-0.05, 0) is 94.9 Å². The fourth-order valence-electron chi connectivity index (χ4n) is 9.26. The summed E-state index contributed by atoms with van der Waals surface area (Å²) in [6.45, 7) is 0. The molecule has 0 unspecified atom stereocenters. The van der Waals surface area contributed by atoms with E-state index in [0.717, 1.165) is 100 Å². The molecule has 0 spiro atoms. The molecule has 0 saturated heterocycles. The summed E-state index contributed by atoms with van der Waals surface area (Å²) in [4.78, 5) is 4.79. The molecule has 62 heavy (non-hydrogen) atoms. The number of hydrogen-bond donors (Lipinski definition) is 0. The molecule has 292 valence electrons. The number of nitrogens with zero attached hydrogens (tertiary/aromatic N) is 2. The molecule has 2 heterocycles. The van der Waals surface area contributed by atoms with Crippen LogP contribution in [0.1, 0.15) is 0 Å². The second kappa shape index (κ2) is 14.7. The highest BCUT2D eigenvalue weighted by atomic mass is 16.3. The molecule has 0 radical (unpaired) electrons. The van der Waals surface area contributed by atoms with Gasteiger partial charge in [0.2, 0.25) is 0 Å². The highest BCUT2D eigenvalue weighted by Gasteiger charge is 2.25. The van der Waals surface area contributed by atoms with Gasteiger partial charge < -0.3 is 18.6 Å². The van der Waals surface area contributed by atoms with Crippen molar-refractivity contribution in [2.75, 3.05) is 9.80 Å². The van der Waals surface area contributed by atoms with Crippen molar-refractivity contribution in [2.45, 2.75) is 0 Å². The highest BCUT2D eigenvalue weighted by Crippen LogP contribution is 2.49. The van der Waals surface area contributed by atoms with Crippen molar-refractivity contribution in [3.05, 3.63) is 231 Å². The zero-order valence-corrected chi connectivity index (χ0v) is 33.7. The van der Waals surface area contributed by atoms with Gasteiger partial charge in [0.25, 0.3) is 0 Å². The third-order valence-electron chi connectivity index (χ3n) is 12.0. The Balaban J connectivity index is 1.08. The lowest BCUT2D eigenvalue weighted by atomic mass is 9.98. The summed E-state index contributed by atoms with van der Waals surface area (Å²) in [5, 5.41) is 6.64. The summed E-state index contributed by atoms with van der Waals surface area (Å²) in [5.41, 5.74) is 14.3. The van der Waals surface area contributed by atoms with Crippen molar-refractivity contribution in [2.24, 2.45) is 0 Å².